The zero-order valence-corrected chi connectivity index (χ0v) is 21.2. The van der Waals surface area contributed by atoms with Gasteiger partial charge in [0.15, 0.2) is 5.78 Å². The number of Topliss-reactive ketones (excluding diaryl/α,β-unsaturated/α-hetero) is 1. The minimum Gasteiger partial charge on any atom is -0.383 e. The van der Waals surface area contributed by atoms with Crippen LogP contribution in [0, 0.1) is 0 Å². The molecule has 3 heterocycles. The van der Waals surface area contributed by atoms with E-state index in [2.05, 4.69) is 20.2 Å². The van der Waals surface area contributed by atoms with Crippen LogP contribution in [0.15, 0.2) is 46.0 Å². The lowest BCUT2D eigenvalue weighted by Crippen LogP contribution is -2.43. The summed E-state index contributed by atoms with van der Waals surface area (Å²) in [6.07, 6.45) is 3.60. The fourth-order valence-electron chi connectivity index (χ4n) is 4.95. The highest BCUT2D eigenvalue weighted by atomic mass is 16.5. The zero-order chi connectivity index (χ0) is 25.9. The van der Waals surface area contributed by atoms with E-state index in [1.165, 1.54) is 30.8 Å². The summed E-state index contributed by atoms with van der Waals surface area (Å²) < 4.78 is 8.12. The summed E-state index contributed by atoms with van der Waals surface area (Å²) in [4.78, 5) is 48.5. The summed E-state index contributed by atoms with van der Waals surface area (Å²) in [5.41, 5.74) is 2.69. The molecule has 2 N–H and O–H groups in total. The van der Waals surface area contributed by atoms with Crippen LogP contribution in [0.1, 0.15) is 36.5 Å². The number of nitrogens with one attached hydrogen (secondary N) is 2. The number of benzene rings is 2. The number of piperidine rings is 1. The number of fused-ring (bicyclic) bond motifs is 2. The van der Waals surface area contributed by atoms with Crippen LogP contribution in [0.4, 0.5) is 11.6 Å². The van der Waals surface area contributed by atoms with Crippen LogP contribution < -0.4 is 16.6 Å². The number of H-pyrrole nitrogens is 1. The molecule has 2 aromatic heterocycles. The highest BCUT2D eigenvalue weighted by Crippen LogP contribution is 2.22. The predicted octanol–water partition coefficient (Wildman–Crippen LogP) is 3.12. The molecule has 10 nitrogen and oxygen atoms in total. The minimum absolute atomic E-state index is 0.0170. The van der Waals surface area contributed by atoms with Crippen LogP contribution in [-0.4, -0.2) is 63.1 Å². The Morgan fingerprint density at radius 3 is 2.59 bits per heavy atom. The molecule has 0 radical (unpaired) electrons. The molecule has 2 aromatic carbocycles. The van der Waals surface area contributed by atoms with Crippen LogP contribution in [0.3, 0.4) is 0 Å². The normalized spacial score (nSPS) is 14.4. The summed E-state index contributed by atoms with van der Waals surface area (Å²) in [5.74, 6) is 0.477. The number of ether oxygens (including phenoxy) is 1. The van der Waals surface area contributed by atoms with Gasteiger partial charge in [0.05, 0.1) is 35.1 Å². The van der Waals surface area contributed by atoms with Gasteiger partial charge in [-0.05, 0) is 69.3 Å². The van der Waals surface area contributed by atoms with Gasteiger partial charge < -0.3 is 19.9 Å². The molecule has 194 valence electrons. The smallest absolute Gasteiger partial charge is 0.331 e. The predicted molar refractivity (Wildman–Crippen MR) is 144 cm³/mol. The van der Waals surface area contributed by atoms with Crippen molar-refractivity contribution in [3.05, 3.63) is 62.8 Å². The van der Waals surface area contributed by atoms with E-state index in [1.807, 2.05) is 12.1 Å². The second-order valence-corrected chi connectivity index (χ2v) is 9.52. The molecule has 0 spiro atoms. The van der Waals surface area contributed by atoms with Gasteiger partial charge in [-0.25, -0.2) is 9.78 Å². The number of hydrogen-bond donors (Lipinski definition) is 2. The Labute approximate surface area is 213 Å². The van der Waals surface area contributed by atoms with Gasteiger partial charge >= 0.3 is 5.69 Å². The van der Waals surface area contributed by atoms with Gasteiger partial charge in [-0.3, -0.25) is 18.7 Å². The van der Waals surface area contributed by atoms with Crippen molar-refractivity contribution in [3.8, 4) is 0 Å². The van der Waals surface area contributed by atoms with E-state index in [-0.39, 0.29) is 30.2 Å². The van der Waals surface area contributed by atoms with E-state index in [0.29, 0.717) is 34.6 Å². The van der Waals surface area contributed by atoms with Crippen molar-refractivity contribution in [2.24, 2.45) is 0 Å². The van der Waals surface area contributed by atoms with E-state index in [4.69, 9.17) is 4.74 Å². The minimum atomic E-state index is -0.342. The summed E-state index contributed by atoms with van der Waals surface area (Å²) >= 11 is 0. The second kappa shape index (κ2) is 10.7. The average Bonchev–Trinajstić information content (AvgIpc) is 3.31. The third kappa shape index (κ3) is 5.21. The summed E-state index contributed by atoms with van der Waals surface area (Å²) in [5, 5.41) is 3.67. The number of carbonyl (C=O) groups excluding carboxylic acids is 1. The van der Waals surface area contributed by atoms with Crippen molar-refractivity contribution >= 4 is 39.4 Å². The third-order valence-corrected chi connectivity index (χ3v) is 6.98. The van der Waals surface area contributed by atoms with Gasteiger partial charge in [-0.1, -0.05) is 6.42 Å². The first-order chi connectivity index (χ1) is 17.9. The van der Waals surface area contributed by atoms with Crippen LogP contribution in [0.25, 0.3) is 21.9 Å². The number of rotatable bonds is 9. The molecule has 1 aliphatic heterocycles. The monoisotopic (exact) mass is 504 g/mol. The quantitative estimate of drug-likeness (QED) is 0.337. The number of likely N-dealkylation sites (tertiary alicyclic amines) is 1. The van der Waals surface area contributed by atoms with Gasteiger partial charge in [0, 0.05) is 31.5 Å². The standard InChI is InChI=1S/C27H32N6O4/c1-18(34)19-6-8-22-23(16-19)30-26(29-22)28-20-7-9-24-21(17-20)25(35)33(14-15-37-2)27(36)32(24)13-12-31-10-4-3-5-11-31/h6-9,16-17H,3-5,10-15H2,1-2H3,(H2,28,29,30). The summed E-state index contributed by atoms with van der Waals surface area (Å²) in [6, 6.07) is 10.7. The maximum atomic E-state index is 13.4. The summed E-state index contributed by atoms with van der Waals surface area (Å²) in [7, 11) is 1.55. The molecule has 0 amide bonds. The van der Waals surface area contributed by atoms with Crippen molar-refractivity contribution in [2.45, 2.75) is 39.3 Å². The molecule has 1 saturated heterocycles. The number of imidazole rings is 1. The molecule has 1 fully saturated rings. The maximum Gasteiger partial charge on any atom is 0.331 e. The number of aromatic amines is 1. The molecule has 1 aliphatic rings. The highest BCUT2D eigenvalue weighted by molar-refractivity contribution is 5.97. The number of carbonyl (C=O) groups is 1. The number of anilines is 2. The highest BCUT2D eigenvalue weighted by Gasteiger charge is 2.16. The number of ketones is 1. The van der Waals surface area contributed by atoms with Crippen molar-refractivity contribution in [1.29, 1.82) is 0 Å². The van der Waals surface area contributed by atoms with Crippen molar-refractivity contribution < 1.29 is 9.53 Å². The number of methoxy groups -OCH3 is 1. The fraction of sp³-hybridized carbons (Fsp3) is 0.407. The largest absolute Gasteiger partial charge is 0.383 e. The lowest BCUT2D eigenvalue weighted by Gasteiger charge is -2.27. The zero-order valence-electron chi connectivity index (χ0n) is 21.2. The van der Waals surface area contributed by atoms with E-state index < -0.39 is 0 Å². The Hall–Kier alpha value is -3.76. The first kappa shape index (κ1) is 24.9. The molecule has 0 saturated carbocycles. The Morgan fingerprint density at radius 2 is 1.84 bits per heavy atom. The lowest BCUT2D eigenvalue weighted by atomic mass is 10.1. The first-order valence-electron chi connectivity index (χ1n) is 12.7. The molecule has 4 aromatic rings. The van der Waals surface area contributed by atoms with E-state index in [9.17, 15) is 14.4 Å². The first-order valence-corrected chi connectivity index (χ1v) is 12.7. The van der Waals surface area contributed by atoms with E-state index >= 15 is 0 Å². The van der Waals surface area contributed by atoms with Gasteiger partial charge in [0.2, 0.25) is 5.95 Å². The second-order valence-electron chi connectivity index (χ2n) is 9.52. The van der Waals surface area contributed by atoms with Crippen molar-refractivity contribution in [1.82, 2.24) is 24.0 Å². The molecular weight excluding hydrogens is 472 g/mol. The molecule has 0 atom stereocenters. The third-order valence-electron chi connectivity index (χ3n) is 6.98. The Bertz CT molecular complexity index is 1560. The Kier molecular flexibility index (Phi) is 7.20. The Morgan fingerprint density at radius 1 is 1.03 bits per heavy atom. The molecule has 10 heteroatoms. The molecule has 0 unspecified atom stereocenters. The fourth-order valence-corrected chi connectivity index (χ4v) is 4.95. The Balaban J connectivity index is 1.50. The molecule has 37 heavy (non-hydrogen) atoms. The molecule has 0 aliphatic carbocycles. The summed E-state index contributed by atoms with van der Waals surface area (Å²) in [6.45, 7) is 5.33. The topological polar surface area (TPSA) is 114 Å². The van der Waals surface area contributed by atoms with Crippen LogP contribution in [0.5, 0.6) is 0 Å². The van der Waals surface area contributed by atoms with Gasteiger partial charge in [0.1, 0.15) is 0 Å². The van der Waals surface area contributed by atoms with Gasteiger partial charge in [0.25, 0.3) is 5.56 Å². The van der Waals surface area contributed by atoms with Crippen LogP contribution in [0.2, 0.25) is 0 Å². The number of aromatic nitrogens is 4. The lowest BCUT2D eigenvalue weighted by molar-refractivity contribution is 0.101. The maximum absolute atomic E-state index is 13.4. The van der Waals surface area contributed by atoms with Gasteiger partial charge in [-0.15, -0.1) is 0 Å². The van der Waals surface area contributed by atoms with Crippen molar-refractivity contribution in [3.63, 3.8) is 0 Å². The number of hydrogen-bond acceptors (Lipinski definition) is 7. The number of nitrogens with zero attached hydrogens (tertiary/aromatic N) is 4. The molecule has 5 rings (SSSR count). The SMILES string of the molecule is COCCn1c(=O)c2cc(Nc3nc4ccc(C(C)=O)cc4[nH]3)ccc2n(CCN2CCCCC2)c1=O. The van der Waals surface area contributed by atoms with Gasteiger partial charge in [-0.2, -0.15) is 0 Å². The van der Waals surface area contributed by atoms with Crippen LogP contribution >= 0.6 is 0 Å². The molecular formula is C27H32N6O4. The average molecular weight is 505 g/mol. The van der Waals surface area contributed by atoms with E-state index in [1.54, 1.807) is 35.9 Å². The molecule has 0 bridgehead atoms. The van der Waals surface area contributed by atoms with Crippen LogP contribution in [-0.2, 0) is 17.8 Å². The van der Waals surface area contributed by atoms with Crippen molar-refractivity contribution in [2.75, 3.05) is 38.7 Å². The van der Waals surface area contributed by atoms with E-state index in [0.717, 1.165) is 30.7 Å².